The molecule has 4 nitrogen and oxygen atoms in total. The fraction of sp³-hybridized carbons (Fsp3) is 0.529. The van der Waals surface area contributed by atoms with Crippen LogP contribution in [0.25, 0.3) is 0 Å². The quantitative estimate of drug-likeness (QED) is 0.929. The first-order valence-electron chi connectivity index (χ1n) is 7.57. The summed E-state index contributed by atoms with van der Waals surface area (Å²) in [6.45, 7) is 9.78. The number of nitrogens with zero attached hydrogens (tertiary/aromatic N) is 1. The average Bonchev–Trinajstić information content (AvgIpc) is 2.46. The predicted octanol–water partition coefficient (Wildman–Crippen LogP) is 2.57. The molecule has 21 heavy (non-hydrogen) atoms. The third-order valence-electron chi connectivity index (χ3n) is 4.41. The minimum absolute atomic E-state index is 0.00912. The smallest absolute Gasteiger partial charge is 0.250 e. The van der Waals surface area contributed by atoms with Gasteiger partial charge in [0.15, 0.2) is 0 Å². The summed E-state index contributed by atoms with van der Waals surface area (Å²) in [6, 6.07) is 5.09. The number of carbonyl (C=O) groups excluding carboxylic acids is 2. The van der Waals surface area contributed by atoms with Crippen LogP contribution in [0.15, 0.2) is 18.2 Å². The van der Waals surface area contributed by atoms with Crippen molar-refractivity contribution < 1.29 is 9.59 Å². The Morgan fingerprint density at radius 2 is 1.95 bits per heavy atom. The van der Waals surface area contributed by atoms with E-state index in [-0.39, 0.29) is 17.7 Å². The van der Waals surface area contributed by atoms with Crippen molar-refractivity contribution in [1.82, 2.24) is 5.32 Å². The van der Waals surface area contributed by atoms with Gasteiger partial charge in [-0.2, -0.15) is 0 Å². The van der Waals surface area contributed by atoms with Gasteiger partial charge < -0.3 is 5.32 Å². The summed E-state index contributed by atoms with van der Waals surface area (Å²) in [5.74, 6) is 0.0347. The van der Waals surface area contributed by atoms with Gasteiger partial charge in [0.25, 0.3) is 5.91 Å². The Morgan fingerprint density at radius 1 is 1.29 bits per heavy atom. The maximum Gasteiger partial charge on any atom is 0.250 e. The number of carbonyl (C=O) groups is 2. The van der Waals surface area contributed by atoms with Crippen molar-refractivity contribution >= 4 is 17.5 Å². The highest BCUT2D eigenvalue weighted by Crippen LogP contribution is 2.28. The van der Waals surface area contributed by atoms with E-state index in [1.54, 1.807) is 11.8 Å². The summed E-state index contributed by atoms with van der Waals surface area (Å²) >= 11 is 0. The third-order valence-corrected chi connectivity index (χ3v) is 4.41. The number of aryl methyl sites for hydroxylation is 2. The van der Waals surface area contributed by atoms with E-state index in [1.165, 1.54) is 0 Å². The largest absolute Gasteiger partial charge is 0.342 e. The number of hydrogen-bond donors (Lipinski definition) is 1. The number of piperazine rings is 1. The molecule has 2 amide bonds. The highest BCUT2D eigenvalue weighted by molar-refractivity contribution is 6.08. The average molecular weight is 288 g/mol. The second-order valence-electron chi connectivity index (χ2n) is 6.05. The van der Waals surface area contributed by atoms with E-state index in [1.807, 2.05) is 45.9 Å². The molecule has 0 spiro atoms. The van der Waals surface area contributed by atoms with E-state index in [4.69, 9.17) is 0 Å². The number of nitrogens with one attached hydrogen (secondary N) is 1. The van der Waals surface area contributed by atoms with Crippen LogP contribution in [0.1, 0.15) is 38.3 Å². The molecule has 0 bridgehead atoms. The van der Waals surface area contributed by atoms with Crippen molar-refractivity contribution in [3.05, 3.63) is 29.3 Å². The third kappa shape index (κ3) is 2.80. The molecular weight excluding hydrogens is 264 g/mol. The summed E-state index contributed by atoms with van der Waals surface area (Å²) in [6.07, 6.45) is 0.853. The number of rotatable bonds is 3. The van der Waals surface area contributed by atoms with Gasteiger partial charge in [0, 0.05) is 5.69 Å². The van der Waals surface area contributed by atoms with Crippen LogP contribution < -0.4 is 10.2 Å². The lowest BCUT2D eigenvalue weighted by molar-refractivity contribution is -0.134. The van der Waals surface area contributed by atoms with Crippen LogP contribution in [0, 0.1) is 19.8 Å². The van der Waals surface area contributed by atoms with E-state index in [0.717, 1.165) is 23.2 Å². The Kier molecular flexibility index (Phi) is 4.35. The second-order valence-corrected chi connectivity index (χ2v) is 6.05. The number of benzene rings is 1. The molecule has 1 aromatic rings. The van der Waals surface area contributed by atoms with Gasteiger partial charge in [0.05, 0.1) is 0 Å². The van der Waals surface area contributed by atoms with Gasteiger partial charge in [-0.3, -0.25) is 14.5 Å². The number of hydrogen-bond acceptors (Lipinski definition) is 2. The second kappa shape index (κ2) is 5.88. The lowest BCUT2D eigenvalue weighted by Crippen LogP contribution is -2.64. The monoisotopic (exact) mass is 288 g/mol. The summed E-state index contributed by atoms with van der Waals surface area (Å²) in [7, 11) is 0. The van der Waals surface area contributed by atoms with Crippen molar-refractivity contribution in [1.29, 1.82) is 0 Å². The molecule has 1 fully saturated rings. The van der Waals surface area contributed by atoms with Gasteiger partial charge in [0.1, 0.15) is 12.1 Å². The summed E-state index contributed by atoms with van der Waals surface area (Å²) in [5, 5.41) is 2.87. The van der Waals surface area contributed by atoms with Crippen LogP contribution in [0.5, 0.6) is 0 Å². The van der Waals surface area contributed by atoms with Crippen LogP contribution in [-0.4, -0.2) is 23.9 Å². The van der Waals surface area contributed by atoms with Crippen LogP contribution >= 0.6 is 0 Å². The molecule has 3 unspecified atom stereocenters. The minimum Gasteiger partial charge on any atom is -0.342 e. The molecule has 0 radical (unpaired) electrons. The summed E-state index contributed by atoms with van der Waals surface area (Å²) in [5.41, 5.74) is 2.94. The molecule has 3 atom stereocenters. The summed E-state index contributed by atoms with van der Waals surface area (Å²) < 4.78 is 0. The van der Waals surface area contributed by atoms with Crippen molar-refractivity contribution in [2.75, 3.05) is 4.90 Å². The van der Waals surface area contributed by atoms with Gasteiger partial charge in [-0.25, -0.2) is 0 Å². The molecule has 0 aromatic heterocycles. The molecule has 1 aliphatic rings. The maximum atomic E-state index is 12.9. The first kappa shape index (κ1) is 15.5. The van der Waals surface area contributed by atoms with Gasteiger partial charge in [0.2, 0.25) is 5.91 Å². The van der Waals surface area contributed by atoms with Crippen molar-refractivity contribution in [2.45, 2.75) is 53.1 Å². The Hall–Kier alpha value is -1.84. The van der Waals surface area contributed by atoms with Gasteiger partial charge in [-0.05, 0) is 43.9 Å². The van der Waals surface area contributed by atoms with Crippen LogP contribution in [0.3, 0.4) is 0 Å². The fourth-order valence-corrected chi connectivity index (χ4v) is 2.72. The van der Waals surface area contributed by atoms with Crippen LogP contribution in [-0.2, 0) is 9.59 Å². The number of amides is 2. The molecule has 0 saturated carbocycles. The molecule has 1 N–H and O–H groups in total. The molecule has 1 aliphatic heterocycles. The van der Waals surface area contributed by atoms with Crippen LogP contribution in [0.2, 0.25) is 0 Å². The number of anilines is 1. The van der Waals surface area contributed by atoms with E-state index < -0.39 is 12.1 Å². The van der Waals surface area contributed by atoms with E-state index in [9.17, 15) is 9.59 Å². The zero-order valence-electron chi connectivity index (χ0n) is 13.4. The summed E-state index contributed by atoms with van der Waals surface area (Å²) in [4.78, 5) is 26.8. The molecule has 4 heteroatoms. The van der Waals surface area contributed by atoms with Crippen molar-refractivity contribution in [3.63, 3.8) is 0 Å². The lowest BCUT2D eigenvalue weighted by atomic mass is 9.93. The molecule has 1 saturated heterocycles. The Bertz CT molecular complexity index is 568. The highest BCUT2D eigenvalue weighted by atomic mass is 16.2. The first-order chi connectivity index (χ1) is 9.86. The molecule has 1 heterocycles. The van der Waals surface area contributed by atoms with Gasteiger partial charge in [-0.1, -0.05) is 32.4 Å². The van der Waals surface area contributed by atoms with Gasteiger partial charge in [-0.15, -0.1) is 0 Å². The molecular formula is C17H24N2O2. The fourth-order valence-electron chi connectivity index (χ4n) is 2.72. The van der Waals surface area contributed by atoms with Crippen LogP contribution in [0.4, 0.5) is 5.69 Å². The standard InChI is InChI=1S/C17H24N2O2/c1-6-11(3)15-17(21)19(13(5)16(20)18-15)14-9-10(2)7-8-12(14)4/h7-9,11,13,15H,6H2,1-5H3,(H,18,20). The van der Waals surface area contributed by atoms with E-state index >= 15 is 0 Å². The molecule has 1 aromatic carbocycles. The van der Waals surface area contributed by atoms with Crippen molar-refractivity contribution in [3.8, 4) is 0 Å². The first-order valence-corrected chi connectivity index (χ1v) is 7.57. The Labute approximate surface area is 126 Å². The zero-order chi connectivity index (χ0) is 15.7. The van der Waals surface area contributed by atoms with Gasteiger partial charge >= 0.3 is 0 Å². The molecule has 2 rings (SSSR count). The maximum absolute atomic E-state index is 12.9. The minimum atomic E-state index is -0.474. The SMILES string of the molecule is CCC(C)C1NC(=O)C(C)N(c2cc(C)ccc2C)C1=O. The van der Waals surface area contributed by atoms with E-state index in [0.29, 0.717) is 0 Å². The Balaban J connectivity index is 2.46. The molecule has 0 aliphatic carbocycles. The normalized spacial score (nSPS) is 24.0. The predicted molar refractivity (Wildman–Crippen MR) is 84.2 cm³/mol. The van der Waals surface area contributed by atoms with Crippen molar-refractivity contribution in [2.24, 2.45) is 5.92 Å². The highest BCUT2D eigenvalue weighted by Gasteiger charge is 2.41. The Morgan fingerprint density at radius 3 is 2.57 bits per heavy atom. The molecule has 114 valence electrons. The zero-order valence-corrected chi connectivity index (χ0v) is 13.4. The topological polar surface area (TPSA) is 49.4 Å². The van der Waals surface area contributed by atoms with E-state index in [2.05, 4.69) is 5.32 Å². The lowest BCUT2D eigenvalue weighted by Gasteiger charge is -2.40.